The van der Waals surface area contributed by atoms with E-state index in [2.05, 4.69) is 15.9 Å². The minimum Gasteiger partial charge on any atom is -0.491 e. The second-order valence-corrected chi connectivity index (χ2v) is 4.65. The van der Waals surface area contributed by atoms with Crippen molar-refractivity contribution in [3.63, 3.8) is 0 Å². The first kappa shape index (κ1) is 13.0. The van der Waals surface area contributed by atoms with E-state index in [-0.39, 0.29) is 12.1 Å². The minimum atomic E-state index is -0.354. The van der Waals surface area contributed by atoms with Crippen LogP contribution in [-0.2, 0) is 4.74 Å². The van der Waals surface area contributed by atoms with Crippen molar-refractivity contribution < 1.29 is 14.3 Å². The largest absolute Gasteiger partial charge is 0.491 e. The van der Waals surface area contributed by atoms with Gasteiger partial charge < -0.3 is 9.47 Å². The summed E-state index contributed by atoms with van der Waals surface area (Å²) in [6.07, 6.45) is 0.0681. The summed E-state index contributed by atoms with van der Waals surface area (Å²) in [5.41, 5.74) is 1.32. The second-order valence-electron chi connectivity index (χ2n) is 3.73. The van der Waals surface area contributed by atoms with Gasteiger partial charge in [-0.2, -0.15) is 0 Å². The van der Waals surface area contributed by atoms with Crippen LogP contribution >= 0.6 is 15.9 Å². The molecule has 0 aliphatic heterocycles. The van der Waals surface area contributed by atoms with Gasteiger partial charge in [-0.1, -0.05) is 15.9 Å². The normalized spacial score (nSPS) is 10.4. The van der Waals surface area contributed by atoms with Crippen LogP contribution in [0.15, 0.2) is 16.6 Å². The van der Waals surface area contributed by atoms with Crippen LogP contribution in [0.3, 0.4) is 0 Å². The summed E-state index contributed by atoms with van der Waals surface area (Å²) in [5.74, 6) is 0.345. The van der Waals surface area contributed by atoms with Gasteiger partial charge in [0.2, 0.25) is 0 Å². The zero-order chi connectivity index (χ0) is 12.3. The Bertz CT molecular complexity index is 399. The maximum atomic E-state index is 11.5. The molecule has 0 aliphatic carbocycles. The third kappa shape index (κ3) is 2.98. The van der Waals surface area contributed by atoms with Crippen molar-refractivity contribution in [2.75, 3.05) is 7.11 Å². The second kappa shape index (κ2) is 5.34. The van der Waals surface area contributed by atoms with Crippen molar-refractivity contribution in [1.82, 2.24) is 0 Å². The molecule has 16 heavy (non-hydrogen) atoms. The first-order valence-electron chi connectivity index (χ1n) is 5.00. The lowest BCUT2D eigenvalue weighted by Crippen LogP contribution is -2.10. The minimum absolute atomic E-state index is 0.0681. The molecule has 4 heteroatoms. The molecule has 1 rings (SSSR count). The monoisotopic (exact) mass is 286 g/mol. The summed E-state index contributed by atoms with van der Waals surface area (Å²) >= 11 is 3.35. The van der Waals surface area contributed by atoms with Crippen molar-refractivity contribution in [3.8, 4) is 5.75 Å². The zero-order valence-corrected chi connectivity index (χ0v) is 11.4. The fraction of sp³-hybridized carbons (Fsp3) is 0.417. The molecule has 0 saturated heterocycles. The Balaban J connectivity index is 3.20. The molecule has 0 N–H and O–H groups in total. The van der Waals surface area contributed by atoms with Gasteiger partial charge in [-0.15, -0.1) is 0 Å². The summed E-state index contributed by atoms with van der Waals surface area (Å²) < 4.78 is 11.1. The van der Waals surface area contributed by atoms with Gasteiger partial charge in [-0.3, -0.25) is 0 Å². The molecule has 0 bridgehead atoms. The smallest absolute Gasteiger partial charge is 0.338 e. The number of hydrogen-bond donors (Lipinski definition) is 0. The van der Waals surface area contributed by atoms with Crippen LogP contribution in [0.1, 0.15) is 29.8 Å². The summed E-state index contributed by atoms with van der Waals surface area (Å²) in [7, 11) is 1.37. The Morgan fingerprint density at radius 1 is 1.38 bits per heavy atom. The van der Waals surface area contributed by atoms with Gasteiger partial charge in [0.15, 0.2) is 0 Å². The molecule has 0 fully saturated rings. The molecule has 0 amide bonds. The van der Waals surface area contributed by atoms with E-state index in [1.807, 2.05) is 26.8 Å². The van der Waals surface area contributed by atoms with E-state index in [0.717, 1.165) is 10.0 Å². The fourth-order valence-electron chi connectivity index (χ4n) is 1.35. The Morgan fingerprint density at radius 2 is 2.00 bits per heavy atom. The SMILES string of the molecule is COC(=O)c1cc(Br)cc(OC(C)C)c1C. The van der Waals surface area contributed by atoms with Crippen molar-refractivity contribution in [2.45, 2.75) is 26.9 Å². The number of benzene rings is 1. The fourth-order valence-corrected chi connectivity index (χ4v) is 1.79. The Labute approximate surface area is 104 Å². The van der Waals surface area contributed by atoms with Gasteiger partial charge in [0, 0.05) is 10.0 Å². The maximum absolute atomic E-state index is 11.5. The molecule has 0 atom stereocenters. The Hall–Kier alpha value is -1.03. The first-order valence-corrected chi connectivity index (χ1v) is 5.80. The lowest BCUT2D eigenvalue weighted by Gasteiger charge is -2.15. The number of carbonyl (C=O) groups excluding carboxylic acids is 1. The number of carbonyl (C=O) groups is 1. The van der Waals surface area contributed by atoms with Crippen LogP contribution in [0, 0.1) is 6.92 Å². The van der Waals surface area contributed by atoms with E-state index in [0.29, 0.717) is 11.3 Å². The van der Waals surface area contributed by atoms with Gasteiger partial charge in [-0.25, -0.2) is 4.79 Å². The van der Waals surface area contributed by atoms with Gasteiger partial charge in [0.05, 0.1) is 18.8 Å². The lowest BCUT2D eigenvalue weighted by atomic mass is 10.1. The average molecular weight is 287 g/mol. The number of esters is 1. The van der Waals surface area contributed by atoms with E-state index < -0.39 is 0 Å². The lowest BCUT2D eigenvalue weighted by molar-refractivity contribution is 0.0599. The highest BCUT2D eigenvalue weighted by atomic mass is 79.9. The molecular weight excluding hydrogens is 272 g/mol. The van der Waals surface area contributed by atoms with E-state index in [1.165, 1.54) is 7.11 Å². The van der Waals surface area contributed by atoms with E-state index in [1.54, 1.807) is 6.07 Å². The molecule has 0 aliphatic rings. The number of rotatable bonds is 3. The van der Waals surface area contributed by atoms with Crippen LogP contribution in [0.5, 0.6) is 5.75 Å². The van der Waals surface area contributed by atoms with Crippen molar-refractivity contribution in [1.29, 1.82) is 0 Å². The van der Waals surface area contributed by atoms with Crippen molar-refractivity contribution >= 4 is 21.9 Å². The third-order valence-electron chi connectivity index (χ3n) is 2.09. The maximum Gasteiger partial charge on any atom is 0.338 e. The van der Waals surface area contributed by atoms with Crippen LogP contribution in [0.2, 0.25) is 0 Å². The summed E-state index contributed by atoms with van der Waals surface area (Å²) in [5, 5.41) is 0. The van der Waals surface area contributed by atoms with Crippen molar-refractivity contribution in [3.05, 3.63) is 27.7 Å². The van der Waals surface area contributed by atoms with Gasteiger partial charge in [-0.05, 0) is 32.9 Å². The van der Waals surface area contributed by atoms with E-state index in [4.69, 9.17) is 9.47 Å². The molecular formula is C12H15BrO3. The number of methoxy groups -OCH3 is 1. The number of halogens is 1. The summed E-state index contributed by atoms with van der Waals surface area (Å²) in [4.78, 5) is 11.5. The van der Waals surface area contributed by atoms with Gasteiger partial charge in [0.1, 0.15) is 5.75 Å². The molecule has 0 unspecified atom stereocenters. The van der Waals surface area contributed by atoms with Gasteiger partial charge in [0.25, 0.3) is 0 Å². The molecule has 0 saturated carbocycles. The van der Waals surface area contributed by atoms with E-state index in [9.17, 15) is 4.79 Å². The van der Waals surface area contributed by atoms with Crippen LogP contribution < -0.4 is 4.74 Å². The summed E-state index contributed by atoms with van der Waals surface area (Å²) in [6.45, 7) is 5.73. The molecule has 0 heterocycles. The average Bonchev–Trinajstić information content (AvgIpc) is 2.21. The van der Waals surface area contributed by atoms with Crippen LogP contribution in [0.25, 0.3) is 0 Å². The molecule has 1 aromatic rings. The topological polar surface area (TPSA) is 35.5 Å². The highest BCUT2D eigenvalue weighted by Crippen LogP contribution is 2.28. The molecule has 3 nitrogen and oxygen atoms in total. The van der Waals surface area contributed by atoms with E-state index >= 15 is 0 Å². The quantitative estimate of drug-likeness (QED) is 0.800. The molecule has 88 valence electrons. The Kier molecular flexibility index (Phi) is 4.35. The predicted molar refractivity (Wildman–Crippen MR) is 66.0 cm³/mol. The summed E-state index contributed by atoms with van der Waals surface area (Å²) in [6, 6.07) is 3.58. The van der Waals surface area contributed by atoms with Crippen molar-refractivity contribution in [2.24, 2.45) is 0 Å². The Morgan fingerprint density at radius 3 is 2.50 bits per heavy atom. The van der Waals surface area contributed by atoms with Gasteiger partial charge >= 0.3 is 5.97 Å². The zero-order valence-electron chi connectivity index (χ0n) is 9.83. The number of hydrogen-bond acceptors (Lipinski definition) is 3. The molecule has 1 aromatic carbocycles. The molecule has 0 radical (unpaired) electrons. The van der Waals surface area contributed by atoms with Crippen LogP contribution in [-0.4, -0.2) is 19.2 Å². The standard InChI is InChI=1S/C12H15BrO3/c1-7(2)16-11-6-9(13)5-10(8(11)3)12(14)15-4/h5-7H,1-4H3. The van der Waals surface area contributed by atoms with Crippen LogP contribution in [0.4, 0.5) is 0 Å². The highest BCUT2D eigenvalue weighted by molar-refractivity contribution is 9.10. The number of ether oxygens (including phenoxy) is 2. The third-order valence-corrected chi connectivity index (χ3v) is 2.55. The highest BCUT2D eigenvalue weighted by Gasteiger charge is 2.15. The molecule has 0 aromatic heterocycles. The predicted octanol–water partition coefficient (Wildman–Crippen LogP) is 3.33. The first-order chi connectivity index (χ1) is 7.45. The molecule has 0 spiro atoms.